The molecule has 0 aliphatic heterocycles. The van der Waals surface area contributed by atoms with Crippen LogP contribution in [-0.4, -0.2) is 15.5 Å². The van der Waals surface area contributed by atoms with Gasteiger partial charge in [0.05, 0.1) is 11.3 Å². The minimum Gasteiger partial charge on any atom is -0.366 e. The maximum atomic E-state index is 12.0. The van der Waals surface area contributed by atoms with Crippen LogP contribution < -0.4 is 5.73 Å². The van der Waals surface area contributed by atoms with E-state index in [0.29, 0.717) is 11.5 Å². The fourth-order valence-corrected chi connectivity index (χ4v) is 3.14. The highest BCUT2D eigenvalue weighted by molar-refractivity contribution is 6.00. The standard InChI is InChI=1S/C19H21N3O/c1-3-22-17(14-7-9-21-10-8-14)12-16(19(20)23)18(22)15-6-4-5-13(2)11-15/h4,6-13H,3,5H2,1-2H3,(H2,20,23). The Bertz CT molecular complexity index is 784. The number of nitrogens with zero attached hydrogens (tertiary/aromatic N) is 2. The molecule has 0 bridgehead atoms. The van der Waals surface area contributed by atoms with Crippen molar-refractivity contribution in [3.63, 3.8) is 0 Å². The Labute approximate surface area is 136 Å². The molecule has 4 nitrogen and oxygen atoms in total. The first-order valence-corrected chi connectivity index (χ1v) is 7.94. The molecule has 0 aromatic carbocycles. The van der Waals surface area contributed by atoms with E-state index in [2.05, 4.69) is 41.6 Å². The lowest BCUT2D eigenvalue weighted by Gasteiger charge is -2.17. The molecular weight excluding hydrogens is 286 g/mol. The summed E-state index contributed by atoms with van der Waals surface area (Å²) in [7, 11) is 0. The topological polar surface area (TPSA) is 60.9 Å². The molecule has 118 valence electrons. The lowest BCUT2D eigenvalue weighted by Crippen LogP contribution is -2.14. The zero-order valence-electron chi connectivity index (χ0n) is 13.5. The normalized spacial score (nSPS) is 17.1. The molecule has 1 unspecified atom stereocenters. The van der Waals surface area contributed by atoms with Crippen molar-refractivity contribution in [1.29, 1.82) is 0 Å². The summed E-state index contributed by atoms with van der Waals surface area (Å²) in [5.41, 5.74) is 10.2. The fraction of sp³-hybridized carbons (Fsp3) is 0.263. The summed E-state index contributed by atoms with van der Waals surface area (Å²) in [6.45, 7) is 5.02. The van der Waals surface area contributed by atoms with Crippen LogP contribution in [0, 0.1) is 5.92 Å². The van der Waals surface area contributed by atoms with Gasteiger partial charge in [-0.25, -0.2) is 0 Å². The molecule has 1 aliphatic rings. The Morgan fingerprint density at radius 2 is 2.13 bits per heavy atom. The molecule has 4 heteroatoms. The third-order valence-electron chi connectivity index (χ3n) is 4.20. The second-order valence-electron chi connectivity index (χ2n) is 5.87. The number of pyridine rings is 1. The van der Waals surface area contributed by atoms with Crippen LogP contribution in [0.25, 0.3) is 16.8 Å². The van der Waals surface area contributed by atoms with Gasteiger partial charge in [0, 0.05) is 30.2 Å². The first-order chi connectivity index (χ1) is 11.1. The zero-order chi connectivity index (χ0) is 16.4. The van der Waals surface area contributed by atoms with Gasteiger partial charge in [-0.1, -0.05) is 25.2 Å². The Balaban J connectivity index is 2.24. The average Bonchev–Trinajstić information content (AvgIpc) is 2.95. The van der Waals surface area contributed by atoms with E-state index in [1.807, 2.05) is 18.2 Å². The van der Waals surface area contributed by atoms with Crippen LogP contribution in [-0.2, 0) is 6.54 Å². The number of hydrogen-bond donors (Lipinski definition) is 1. The second kappa shape index (κ2) is 6.24. The van der Waals surface area contributed by atoms with Gasteiger partial charge >= 0.3 is 0 Å². The molecule has 2 aromatic heterocycles. The molecule has 1 amide bonds. The smallest absolute Gasteiger partial charge is 0.250 e. The van der Waals surface area contributed by atoms with Gasteiger partial charge in [0.25, 0.3) is 5.91 Å². The van der Waals surface area contributed by atoms with E-state index in [1.165, 1.54) is 0 Å². The van der Waals surface area contributed by atoms with Crippen LogP contribution in [0.3, 0.4) is 0 Å². The van der Waals surface area contributed by atoms with Crippen LogP contribution in [0.15, 0.2) is 48.8 Å². The molecule has 2 heterocycles. The van der Waals surface area contributed by atoms with Gasteiger partial charge in [0.1, 0.15) is 0 Å². The third kappa shape index (κ3) is 2.84. The highest BCUT2D eigenvalue weighted by atomic mass is 16.1. The van der Waals surface area contributed by atoms with E-state index in [4.69, 9.17) is 5.73 Å². The molecule has 3 rings (SSSR count). The molecule has 0 saturated carbocycles. The predicted octanol–water partition coefficient (Wildman–Crippen LogP) is 3.65. The van der Waals surface area contributed by atoms with Crippen molar-refractivity contribution < 1.29 is 4.79 Å². The van der Waals surface area contributed by atoms with Crippen molar-refractivity contribution in [3.05, 3.63) is 60.1 Å². The predicted molar refractivity (Wildman–Crippen MR) is 92.8 cm³/mol. The van der Waals surface area contributed by atoms with Crippen molar-refractivity contribution in [2.45, 2.75) is 26.8 Å². The quantitative estimate of drug-likeness (QED) is 0.937. The number of allylic oxidation sites excluding steroid dienone is 4. The minimum absolute atomic E-state index is 0.393. The van der Waals surface area contributed by atoms with Gasteiger partial charge < -0.3 is 10.3 Å². The van der Waals surface area contributed by atoms with E-state index in [-0.39, 0.29) is 0 Å². The van der Waals surface area contributed by atoms with Crippen molar-refractivity contribution in [2.24, 2.45) is 11.7 Å². The first-order valence-electron chi connectivity index (χ1n) is 7.94. The van der Waals surface area contributed by atoms with Gasteiger partial charge in [-0.2, -0.15) is 0 Å². The number of aromatic nitrogens is 2. The molecule has 0 fully saturated rings. The summed E-state index contributed by atoms with van der Waals surface area (Å²) in [5.74, 6) is 0.0651. The molecule has 1 aliphatic carbocycles. The number of primary amides is 1. The molecule has 0 radical (unpaired) electrons. The SMILES string of the molecule is CCn1c(-c2ccncc2)cc(C(N)=O)c1C1=CC(C)CC=C1. The minimum atomic E-state index is -0.393. The number of carbonyl (C=O) groups is 1. The lowest BCUT2D eigenvalue weighted by atomic mass is 9.94. The van der Waals surface area contributed by atoms with Crippen LogP contribution in [0.4, 0.5) is 0 Å². The summed E-state index contributed by atoms with van der Waals surface area (Å²) in [6, 6.07) is 5.79. The maximum Gasteiger partial charge on any atom is 0.250 e. The van der Waals surface area contributed by atoms with Crippen molar-refractivity contribution in [2.75, 3.05) is 0 Å². The van der Waals surface area contributed by atoms with Crippen molar-refractivity contribution in [1.82, 2.24) is 9.55 Å². The molecule has 0 saturated heterocycles. The Morgan fingerprint density at radius 3 is 2.74 bits per heavy atom. The number of nitrogens with two attached hydrogens (primary N) is 1. The summed E-state index contributed by atoms with van der Waals surface area (Å²) in [4.78, 5) is 16.1. The van der Waals surface area contributed by atoms with Crippen LogP contribution in [0.5, 0.6) is 0 Å². The van der Waals surface area contributed by atoms with Crippen LogP contribution in [0.1, 0.15) is 36.3 Å². The molecule has 23 heavy (non-hydrogen) atoms. The Hall–Kier alpha value is -2.62. The van der Waals surface area contributed by atoms with E-state index in [1.54, 1.807) is 12.4 Å². The van der Waals surface area contributed by atoms with Crippen LogP contribution in [0.2, 0.25) is 0 Å². The molecule has 0 spiro atoms. The largest absolute Gasteiger partial charge is 0.366 e. The van der Waals surface area contributed by atoms with Gasteiger partial charge in [0.15, 0.2) is 0 Å². The first kappa shape index (κ1) is 15.3. The Morgan fingerprint density at radius 1 is 1.39 bits per heavy atom. The highest BCUT2D eigenvalue weighted by Crippen LogP contribution is 2.33. The van der Waals surface area contributed by atoms with E-state index in [0.717, 1.165) is 35.5 Å². The van der Waals surface area contributed by atoms with Crippen LogP contribution >= 0.6 is 0 Å². The summed E-state index contributed by atoms with van der Waals surface area (Å²) < 4.78 is 2.16. The highest BCUT2D eigenvalue weighted by Gasteiger charge is 2.22. The third-order valence-corrected chi connectivity index (χ3v) is 4.20. The van der Waals surface area contributed by atoms with Gasteiger partial charge in [-0.3, -0.25) is 9.78 Å². The van der Waals surface area contributed by atoms with Gasteiger partial charge in [-0.05, 0) is 43.0 Å². The fourth-order valence-electron chi connectivity index (χ4n) is 3.14. The number of rotatable bonds is 4. The molecule has 1 atom stereocenters. The monoisotopic (exact) mass is 307 g/mol. The zero-order valence-corrected chi connectivity index (χ0v) is 13.5. The second-order valence-corrected chi connectivity index (χ2v) is 5.87. The van der Waals surface area contributed by atoms with E-state index < -0.39 is 5.91 Å². The van der Waals surface area contributed by atoms with Crippen molar-refractivity contribution >= 4 is 11.5 Å². The summed E-state index contributed by atoms with van der Waals surface area (Å²) in [6.07, 6.45) is 11.0. The molecule has 2 N–H and O–H groups in total. The van der Waals surface area contributed by atoms with Gasteiger partial charge in [0.2, 0.25) is 0 Å². The van der Waals surface area contributed by atoms with E-state index in [9.17, 15) is 4.79 Å². The summed E-state index contributed by atoms with van der Waals surface area (Å²) in [5, 5.41) is 0. The molecule has 2 aromatic rings. The summed E-state index contributed by atoms with van der Waals surface area (Å²) >= 11 is 0. The Kier molecular flexibility index (Phi) is 4.15. The van der Waals surface area contributed by atoms with Crippen molar-refractivity contribution in [3.8, 4) is 11.3 Å². The number of amides is 1. The van der Waals surface area contributed by atoms with Gasteiger partial charge in [-0.15, -0.1) is 0 Å². The lowest BCUT2D eigenvalue weighted by molar-refractivity contribution is 0.1000. The average molecular weight is 307 g/mol. The number of hydrogen-bond acceptors (Lipinski definition) is 2. The van der Waals surface area contributed by atoms with E-state index >= 15 is 0 Å². The number of carbonyl (C=O) groups excluding carboxylic acids is 1. The maximum absolute atomic E-state index is 12.0. The molecular formula is C19H21N3O.